The zero-order chi connectivity index (χ0) is 15.7. The van der Waals surface area contributed by atoms with E-state index in [1.807, 2.05) is 0 Å². The molecule has 3 rings (SSSR count). The molecule has 0 unspecified atom stereocenters. The van der Waals surface area contributed by atoms with Gasteiger partial charge in [-0.05, 0) is 29.8 Å². The van der Waals surface area contributed by atoms with Crippen LogP contribution < -0.4 is 10.2 Å². The van der Waals surface area contributed by atoms with Crippen molar-refractivity contribution < 1.29 is 19.4 Å². The lowest BCUT2D eigenvalue weighted by Crippen LogP contribution is -2.46. The molecule has 7 nitrogen and oxygen atoms in total. The zero-order valence-electron chi connectivity index (χ0n) is 11.7. The molecule has 1 aliphatic heterocycles. The lowest BCUT2D eigenvalue weighted by Gasteiger charge is -2.27. The Labute approximate surface area is 126 Å². The van der Waals surface area contributed by atoms with Crippen LogP contribution in [0.15, 0.2) is 36.5 Å². The van der Waals surface area contributed by atoms with Crippen LogP contribution in [0.2, 0.25) is 0 Å². The molecule has 2 amide bonds. The average molecular weight is 299 g/mol. The minimum Gasteiger partial charge on any atom is -0.504 e. The SMILES string of the molecule is COc1ccc2c(c1)C(=O)N(Nc1ncccc1O)C(=O)C2. The normalized spacial score (nSPS) is 13.8. The first-order valence-electron chi connectivity index (χ1n) is 6.55. The van der Waals surface area contributed by atoms with Crippen LogP contribution in [-0.4, -0.2) is 34.0 Å². The number of hydrogen-bond donors (Lipinski definition) is 2. The summed E-state index contributed by atoms with van der Waals surface area (Å²) in [5.41, 5.74) is 3.57. The van der Waals surface area contributed by atoms with Crippen LogP contribution in [0.4, 0.5) is 5.82 Å². The minimum atomic E-state index is -0.518. The van der Waals surface area contributed by atoms with E-state index in [1.54, 1.807) is 24.3 Å². The Balaban J connectivity index is 1.95. The van der Waals surface area contributed by atoms with Crippen molar-refractivity contribution in [2.75, 3.05) is 12.5 Å². The highest BCUT2D eigenvalue weighted by Gasteiger charge is 2.32. The highest BCUT2D eigenvalue weighted by atomic mass is 16.5. The molecule has 0 saturated carbocycles. The second-order valence-electron chi connectivity index (χ2n) is 4.72. The molecule has 1 aromatic carbocycles. The summed E-state index contributed by atoms with van der Waals surface area (Å²) in [6.07, 6.45) is 1.52. The zero-order valence-corrected chi connectivity index (χ0v) is 11.7. The molecule has 2 aromatic rings. The van der Waals surface area contributed by atoms with Crippen LogP contribution in [0.25, 0.3) is 0 Å². The second kappa shape index (κ2) is 5.36. The number of hydrazine groups is 1. The van der Waals surface area contributed by atoms with Crippen LogP contribution in [0.1, 0.15) is 15.9 Å². The van der Waals surface area contributed by atoms with Gasteiger partial charge in [0.15, 0.2) is 11.6 Å². The molecule has 1 aliphatic rings. The maximum absolute atomic E-state index is 12.5. The van der Waals surface area contributed by atoms with Crippen molar-refractivity contribution in [3.05, 3.63) is 47.7 Å². The molecule has 0 spiro atoms. The molecule has 1 aromatic heterocycles. The van der Waals surface area contributed by atoms with Crippen LogP contribution in [0, 0.1) is 0 Å². The molecular weight excluding hydrogens is 286 g/mol. The number of methoxy groups -OCH3 is 1. The molecule has 0 radical (unpaired) electrons. The Morgan fingerprint density at radius 1 is 1.32 bits per heavy atom. The molecule has 0 aliphatic carbocycles. The smallest absolute Gasteiger partial charge is 0.279 e. The van der Waals surface area contributed by atoms with Gasteiger partial charge in [0.05, 0.1) is 13.5 Å². The van der Waals surface area contributed by atoms with Crippen LogP contribution in [0.3, 0.4) is 0 Å². The highest BCUT2D eigenvalue weighted by Crippen LogP contribution is 2.26. The first-order valence-corrected chi connectivity index (χ1v) is 6.55. The van der Waals surface area contributed by atoms with Crippen molar-refractivity contribution >= 4 is 17.6 Å². The van der Waals surface area contributed by atoms with Gasteiger partial charge in [0, 0.05) is 11.8 Å². The van der Waals surface area contributed by atoms with E-state index in [0.717, 1.165) is 5.01 Å². The van der Waals surface area contributed by atoms with Gasteiger partial charge < -0.3 is 9.84 Å². The maximum atomic E-state index is 12.5. The van der Waals surface area contributed by atoms with E-state index >= 15 is 0 Å². The van der Waals surface area contributed by atoms with Crippen molar-refractivity contribution in [3.8, 4) is 11.5 Å². The predicted molar refractivity (Wildman–Crippen MR) is 77.4 cm³/mol. The number of aromatic nitrogens is 1. The van der Waals surface area contributed by atoms with Gasteiger partial charge in [0.2, 0.25) is 0 Å². The standard InChI is InChI=1S/C15H13N3O4/c1-22-10-5-4-9-7-13(20)18(15(21)11(9)8-10)17-14-12(19)3-2-6-16-14/h2-6,8,19H,7H2,1H3,(H,16,17). The van der Waals surface area contributed by atoms with Crippen LogP contribution in [-0.2, 0) is 11.2 Å². The van der Waals surface area contributed by atoms with E-state index in [4.69, 9.17) is 4.74 Å². The van der Waals surface area contributed by atoms with Gasteiger partial charge in [0.25, 0.3) is 11.8 Å². The number of carbonyl (C=O) groups is 2. The van der Waals surface area contributed by atoms with Crippen LogP contribution in [0.5, 0.6) is 11.5 Å². The molecule has 22 heavy (non-hydrogen) atoms. The Bertz CT molecular complexity index is 760. The monoisotopic (exact) mass is 299 g/mol. The summed E-state index contributed by atoms with van der Waals surface area (Å²) in [7, 11) is 1.50. The Morgan fingerprint density at radius 3 is 2.86 bits per heavy atom. The number of hydrogen-bond acceptors (Lipinski definition) is 6. The van der Waals surface area contributed by atoms with Gasteiger partial charge in [-0.15, -0.1) is 0 Å². The minimum absolute atomic E-state index is 0.0375. The van der Waals surface area contributed by atoms with Gasteiger partial charge in [-0.2, -0.15) is 5.01 Å². The first-order chi connectivity index (χ1) is 10.6. The maximum Gasteiger partial charge on any atom is 0.279 e. The van der Waals surface area contributed by atoms with Crippen molar-refractivity contribution in [2.45, 2.75) is 6.42 Å². The number of ether oxygens (including phenoxy) is 1. The fourth-order valence-electron chi connectivity index (χ4n) is 2.21. The average Bonchev–Trinajstić information content (AvgIpc) is 2.53. The van der Waals surface area contributed by atoms with E-state index in [0.29, 0.717) is 16.9 Å². The van der Waals surface area contributed by atoms with E-state index in [1.165, 1.54) is 19.4 Å². The number of nitrogens with one attached hydrogen (secondary N) is 1. The molecule has 0 bridgehead atoms. The number of amides is 2. The molecule has 0 atom stereocenters. The second-order valence-corrected chi connectivity index (χ2v) is 4.72. The number of benzene rings is 1. The molecule has 112 valence electrons. The quantitative estimate of drug-likeness (QED) is 0.831. The number of pyridine rings is 1. The van der Waals surface area contributed by atoms with E-state index in [9.17, 15) is 14.7 Å². The number of nitrogens with zero attached hydrogens (tertiary/aromatic N) is 2. The van der Waals surface area contributed by atoms with E-state index < -0.39 is 11.8 Å². The highest BCUT2D eigenvalue weighted by molar-refractivity contribution is 6.10. The van der Waals surface area contributed by atoms with Crippen molar-refractivity contribution in [3.63, 3.8) is 0 Å². The van der Waals surface area contributed by atoms with Gasteiger partial charge in [-0.3, -0.25) is 15.0 Å². The summed E-state index contributed by atoms with van der Waals surface area (Å²) in [5.74, 6) is -0.528. The molecule has 0 saturated heterocycles. The number of imide groups is 1. The summed E-state index contributed by atoms with van der Waals surface area (Å²) in [5, 5.41) is 10.5. The molecule has 0 fully saturated rings. The molecule has 2 heterocycles. The largest absolute Gasteiger partial charge is 0.504 e. The van der Waals surface area contributed by atoms with Crippen molar-refractivity contribution in [1.29, 1.82) is 0 Å². The molecule has 2 N–H and O–H groups in total. The fourth-order valence-corrected chi connectivity index (χ4v) is 2.21. The molecular formula is C15H13N3O4. The van der Waals surface area contributed by atoms with Gasteiger partial charge in [0.1, 0.15) is 5.75 Å². The summed E-state index contributed by atoms with van der Waals surface area (Å²) >= 11 is 0. The summed E-state index contributed by atoms with van der Waals surface area (Å²) < 4.78 is 5.10. The number of rotatable bonds is 3. The Morgan fingerprint density at radius 2 is 2.14 bits per heavy atom. The number of fused-ring (bicyclic) bond motifs is 1. The number of aromatic hydroxyl groups is 1. The number of carbonyl (C=O) groups excluding carboxylic acids is 2. The predicted octanol–water partition coefficient (Wildman–Crippen LogP) is 1.35. The topological polar surface area (TPSA) is 91.8 Å². The molecule has 7 heteroatoms. The van der Waals surface area contributed by atoms with Crippen molar-refractivity contribution in [2.24, 2.45) is 0 Å². The number of anilines is 1. The third-order valence-corrected chi connectivity index (χ3v) is 3.35. The Kier molecular flexibility index (Phi) is 3.38. The van der Waals surface area contributed by atoms with Crippen molar-refractivity contribution in [1.82, 2.24) is 9.99 Å². The lowest BCUT2D eigenvalue weighted by atomic mass is 9.99. The van der Waals surface area contributed by atoms with E-state index in [-0.39, 0.29) is 18.0 Å². The Hall–Kier alpha value is -3.09. The summed E-state index contributed by atoms with van der Waals surface area (Å²) in [4.78, 5) is 28.5. The van der Waals surface area contributed by atoms with Gasteiger partial charge in [-0.1, -0.05) is 6.07 Å². The summed E-state index contributed by atoms with van der Waals surface area (Å²) in [6.45, 7) is 0. The first kappa shape index (κ1) is 13.9. The van der Waals surface area contributed by atoms with Gasteiger partial charge >= 0.3 is 0 Å². The third kappa shape index (κ3) is 2.32. The fraction of sp³-hybridized carbons (Fsp3) is 0.133. The van der Waals surface area contributed by atoms with E-state index in [2.05, 4.69) is 10.4 Å². The summed E-state index contributed by atoms with van der Waals surface area (Å²) in [6, 6.07) is 7.93. The van der Waals surface area contributed by atoms with Crippen LogP contribution >= 0.6 is 0 Å². The third-order valence-electron chi connectivity index (χ3n) is 3.35. The lowest BCUT2D eigenvalue weighted by molar-refractivity contribution is -0.127. The van der Waals surface area contributed by atoms with Gasteiger partial charge in [-0.25, -0.2) is 4.98 Å².